The molecule has 0 aromatic heterocycles. The maximum Gasteiger partial charge on any atom is 0.271 e. The van der Waals surface area contributed by atoms with Crippen LogP contribution in [0, 0.1) is 0 Å². The van der Waals surface area contributed by atoms with Crippen molar-refractivity contribution in [2.75, 3.05) is 0 Å². The molecule has 0 saturated heterocycles. The second kappa shape index (κ2) is 6.89. The lowest BCUT2D eigenvalue weighted by Gasteiger charge is -2.18. The number of benzene rings is 3. The van der Waals surface area contributed by atoms with Crippen LogP contribution >= 0.6 is 0 Å². The van der Waals surface area contributed by atoms with Crippen molar-refractivity contribution in [3.63, 3.8) is 0 Å². The highest BCUT2D eigenvalue weighted by Crippen LogP contribution is 2.22. The first-order chi connectivity index (χ1) is 11.9. The van der Waals surface area contributed by atoms with E-state index in [9.17, 15) is 4.79 Å². The molecule has 3 aromatic rings. The molecule has 3 heteroatoms. The van der Waals surface area contributed by atoms with Crippen LogP contribution in [0.4, 0.5) is 0 Å². The molecule has 1 N–H and O–H groups in total. The van der Waals surface area contributed by atoms with E-state index in [1.165, 1.54) is 5.56 Å². The number of hydrogen-bond acceptors (Lipinski definition) is 2. The van der Waals surface area contributed by atoms with Gasteiger partial charge in [0.25, 0.3) is 5.91 Å². The Morgan fingerprint density at radius 3 is 2.32 bits per heavy atom. The topological polar surface area (TPSA) is 41.5 Å². The minimum Gasteiger partial charge on any atom is -0.267 e. The van der Waals surface area contributed by atoms with Crippen LogP contribution in [0.1, 0.15) is 42.3 Å². The van der Waals surface area contributed by atoms with Crippen LogP contribution in [-0.4, -0.2) is 12.1 Å². The minimum absolute atomic E-state index is 0.0710. The van der Waals surface area contributed by atoms with Crippen LogP contribution in [0.5, 0.6) is 0 Å². The van der Waals surface area contributed by atoms with E-state index in [4.69, 9.17) is 0 Å². The van der Waals surface area contributed by atoms with Crippen molar-refractivity contribution < 1.29 is 4.79 Å². The summed E-state index contributed by atoms with van der Waals surface area (Å²) in [6.45, 7) is 6.45. The minimum atomic E-state index is -0.211. The Hall–Kier alpha value is -2.94. The molecule has 0 spiro atoms. The lowest BCUT2D eigenvalue weighted by molar-refractivity contribution is 0.0955. The molecule has 0 fully saturated rings. The van der Waals surface area contributed by atoms with E-state index < -0.39 is 0 Å². The van der Waals surface area contributed by atoms with Gasteiger partial charge in [-0.05, 0) is 33.9 Å². The summed E-state index contributed by atoms with van der Waals surface area (Å²) >= 11 is 0. The zero-order valence-electron chi connectivity index (χ0n) is 14.8. The number of carbonyl (C=O) groups excluding carboxylic acids is 1. The van der Waals surface area contributed by atoms with Gasteiger partial charge in [0.15, 0.2) is 0 Å². The van der Waals surface area contributed by atoms with Crippen LogP contribution in [0.3, 0.4) is 0 Å². The average Bonchev–Trinajstić information content (AvgIpc) is 2.61. The summed E-state index contributed by atoms with van der Waals surface area (Å²) in [6, 6.07) is 21.8. The Kier molecular flexibility index (Phi) is 4.66. The number of nitrogens with zero attached hydrogens (tertiary/aromatic N) is 1. The van der Waals surface area contributed by atoms with Gasteiger partial charge in [-0.1, -0.05) is 75.4 Å². The average molecular weight is 330 g/mol. The quantitative estimate of drug-likeness (QED) is 0.538. The number of hydrazone groups is 1. The Balaban J connectivity index is 1.72. The fourth-order valence-electron chi connectivity index (χ4n) is 2.71. The van der Waals surface area contributed by atoms with Crippen molar-refractivity contribution in [3.8, 4) is 0 Å². The summed E-state index contributed by atoms with van der Waals surface area (Å²) in [4.78, 5) is 12.2. The Labute approximate surface area is 148 Å². The smallest absolute Gasteiger partial charge is 0.267 e. The van der Waals surface area contributed by atoms with Crippen molar-refractivity contribution in [1.82, 2.24) is 5.43 Å². The van der Waals surface area contributed by atoms with Gasteiger partial charge in [-0.3, -0.25) is 4.79 Å². The first kappa shape index (κ1) is 16.9. The van der Waals surface area contributed by atoms with E-state index in [1.807, 2.05) is 54.6 Å². The zero-order chi connectivity index (χ0) is 17.9. The maximum absolute atomic E-state index is 12.2. The molecule has 0 bridgehead atoms. The van der Waals surface area contributed by atoms with Gasteiger partial charge in [0.2, 0.25) is 0 Å². The monoisotopic (exact) mass is 330 g/mol. The maximum atomic E-state index is 12.2. The Bertz CT molecular complexity index is 913. The fraction of sp³-hybridized carbons (Fsp3) is 0.182. The van der Waals surface area contributed by atoms with E-state index in [0.717, 1.165) is 16.3 Å². The molecule has 0 aliphatic rings. The van der Waals surface area contributed by atoms with Gasteiger partial charge in [0, 0.05) is 11.1 Å². The number of nitrogens with one attached hydrogen (secondary N) is 1. The molecule has 0 unspecified atom stereocenters. The molecule has 3 aromatic carbocycles. The van der Waals surface area contributed by atoms with Crippen molar-refractivity contribution >= 4 is 22.9 Å². The number of hydrogen-bond donors (Lipinski definition) is 1. The standard InChI is InChI=1S/C22H22N2O/c1-22(2,3)19-13-11-17(12-14-19)21(25)24-23-15-18-9-6-8-16-7-4-5-10-20(16)18/h4-15H,1-3H3,(H,24,25)/b23-15-. The highest BCUT2D eigenvalue weighted by Gasteiger charge is 2.14. The first-order valence-electron chi connectivity index (χ1n) is 8.37. The molecule has 25 heavy (non-hydrogen) atoms. The van der Waals surface area contributed by atoms with Crippen molar-refractivity contribution in [1.29, 1.82) is 0 Å². The normalized spacial score (nSPS) is 11.8. The van der Waals surface area contributed by atoms with Gasteiger partial charge in [0.05, 0.1) is 6.21 Å². The fourth-order valence-corrected chi connectivity index (χ4v) is 2.71. The molecule has 3 nitrogen and oxygen atoms in total. The van der Waals surface area contributed by atoms with Crippen molar-refractivity contribution in [3.05, 3.63) is 83.4 Å². The molecule has 0 heterocycles. The predicted octanol–water partition coefficient (Wildman–Crippen LogP) is 4.90. The van der Waals surface area contributed by atoms with Gasteiger partial charge in [0.1, 0.15) is 0 Å². The molecule has 0 aliphatic heterocycles. The summed E-state index contributed by atoms with van der Waals surface area (Å²) in [5.74, 6) is -0.211. The van der Waals surface area contributed by atoms with Gasteiger partial charge in [-0.15, -0.1) is 0 Å². The molecule has 126 valence electrons. The molecule has 0 saturated carbocycles. The molecular weight excluding hydrogens is 308 g/mol. The third-order valence-electron chi connectivity index (χ3n) is 4.21. The van der Waals surface area contributed by atoms with Gasteiger partial charge < -0.3 is 0 Å². The van der Waals surface area contributed by atoms with E-state index in [1.54, 1.807) is 6.21 Å². The van der Waals surface area contributed by atoms with Crippen molar-refractivity contribution in [2.45, 2.75) is 26.2 Å². The SMILES string of the molecule is CC(C)(C)c1ccc(C(=O)N/N=C\c2cccc3ccccc23)cc1. The van der Waals surface area contributed by atoms with Crippen LogP contribution in [0.15, 0.2) is 71.8 Å². The van der Waals surface area contributed by atoms with E-state index in [-0.39, 0.29) is 11.3 Å². The van der Waals surface area contributed by atoms with Gasteiger partial charge >= 0.3 is 0 Å². The Morgan fingerprint density at radius 1 is 0.920 bits per heavy atom. The van der Waals surface area contributed by atoms with Crippen molar-refractivity contribution in [2.24, 2.45) is 5.10 Å². The zero-order valence-corrected chi connectivity index (χ0v) is 14.8. The molecular formula is C22H22N2O. The van der Waals surface area contributed by atoms with Gasteiger partial charge in [-0.2, -0.15) is 5.10 Å². The number of carbonyl (C=O) groups is 1. The summed E-state index contributed by atoms with van der Waals surface area (Å²) < 4.78 is 0. The number of fused-ring (bicyclic) bond motifs is 1. The van der Waals surface area contributed by atoms with Crippen LogP contribution in [0.2, 0.25) is 0 Å². The molecule has 1 amide bonds. The summed E-state index contributed by atoms with van der Waals surface area (Å²) in [6.07, 6.45) is 1.68. The largest absolute Gasteiger partial charge is 0.271 e. The molecule has 0 atom stereocenters. The predicted molar refractivity (Wildman–Crippen MR) is 104 cm³/mol. The molecule has 0 radical (unpaired) electrons. The Morgan fingerprint density at radius 2 is 1.60 bits per heavy atom. The van der Waals surface area contributed by atoms with Crippen LogP contribution in [0.25, 0.3) is 10.8 Å². The first-order valence-corrected chi connectivity index (χ1v) is 8.37. The summed E-state index contributed by atoms with van der Waals surface area (Å²) in [5.41, 5.74) is 5.44. The van der Waals surface area contributed by atoms with E-state index >= 15 is 0 Å². The second-order valence-electron chi connectivity index (χ2n) is 7.09. The van der Waals surface area contributed by atoms with E-state index in [2.05, 4.69) is 43.4 Å². The number of rotatable bonds is 3. The third kappa shape index (κ3) is 3.94. The van der Waals surface area contributed by atoms with Crippen LogP contribution in [-0.2, 0) is 5.41 Å². The molecule has 3 rings (SSSR count). The highest BCUT2D eigenvalue weighted by atomic mass is 16.2. The van der Waals surface area contributed by atoms with Gasteiger partial charge in [-0.25, -0.2) is 5.43 Å². The van der Waals surface area contributed by atoms with E-state index in [0.29, 0.717) is 5.56 Å². The second-order valence-corrected chi connectivity index (χ2v) is 7.09. The highest BCUT2D eigenvalue weighted by molar-refractivity contribution is 6.00. The van der Waals surface area contributed by atoms with Crippen LogP contribution < -0.4 is 5.43 Å². The lowest BCUT2D eigenvalue weighted by Crippen LogP contribution is -2.18. The lowest BCUT2D eigenvalue weighted by atomic mass is 9.87. The third-order valence-corrected chi connectivity index (χ3v) is 4.21. The number of amides is 1. The molecule has 0 aliphatic carbocycles. The summed E-state index contributed by atoms with van der Waals surface area (Å²) in [5, 5.41) is 6.37. The summed E-state index contributed by atoms with van der Waals surface area (Å²) in [7, 11) is 0.